The molecule has 0 radical (unpaired) electrons. The molecule has 0 amide bonds. The molecule has 0 fully saturated rings. The predicted octanol–water partition coefficient (Wildman–Crippen LogP) is 2.66. The molecule has 0 aromatic heterocycles. The van der Waals surface area contributed by atoms with Crippen LogP contribution >= 0.6 is 12.4 Å². The van der Waals surface area contributed by atoms with E-state index in [0.29, 0.717) is 17.9 Å². The number of benzene rings is 1. The lowest BCUT2D eigenvalue weighted by atomic mass is 9.97. The minimum absolute atomic E-state index is 0. The van der Waals surface area contributed by atoms with E-state index in [1.807, 2.05) is 0 Å². The van der Waals surface area contributed by atoms with E-state index < -0.39 is 6.04 Å². The highest BCUT2D eigenvalue weighted by atomic mass is 35.5. The maximum atomic E-state index is 9.61. The van der Waals surface area contributed by atoms with Gasteiger partial charge in [0.25, 0.3) is 0 Å². The Morgan fingerprint density at radius 1 is 1.06 bits per heavy atom. The molecule has 0 spiro atoms. The highest BCUT2D eigenvalue weighted by Crippen LogP contribution is 2.37. The van der Waals surface area contributed by atoms with E-state index in [1.54, 1.807) is 0 Å². The molecule has 0 aliphatic rings. The fourth-order valence-corrected chi connectivity index (χ4v) is 1.65. The molecule has 4 nitrogen and oxygen atoms in total. The number of hydrogen-bond acceptors (Lipinski definition) is 4. The summed E-state index contributed by atoms with van der Waals surface area (Å²) in [6, 6.07) is 1.96. The van der Waals surface area contributed by atoms with Gasteiger partial charge in [-0.25, -0.2) is 0 Å². The Kier molecular flexibility index (Phi) is 6.13. The smallest absolute Gasteiger partial charge is 0.127 e. The van der Waals surface area contributed by atoms with Crippen LogP contribution in [0.2, 0.25) is 0 Å². The number of aromatic hydroxyl groups is 3. The first kappa shape index (κ1) is 15.9. The zero-order valence-electron chi connectivity index (χ0n) is 10.1. The van der Waals surface area contributed by atoms with Crippen LogP contribution < -0.4 is 5.73 Å². The highest BCUT2D eigenvalue weighted by molar-refractivity contribution is 5.85. The summed E-state index contributed by atoms with van der Waals surface area (Å²) in [4.78, 5) is 0. The van der Waals surface area contributed by atoms with E-state index in [2.05, 4.69) is 13.8 Å². The second kappa shape index (κ2) is 6.57. The maximum absolute atomic E-state index is 9.61. The van der Waals surface area contributed by atoms with Gasteiger partial charge in [0.05, 0.1) is 5.56 Å². The fourth-order valence-electron chi connectivity index (χ4n) is 1.65. The van der Waals surface area contributed by atoms with Gasteiger partial charge in [-0.1, -0.05) is 13.8 Å². The van der Waals surface area contributed by atoms with E-state index in [0.717, 1.165) is 6.42 Å². The number of phenolic OH excluding ortho intramolecular Hbond substituents is 3. The SMILES string of the molecule is CC(C)CC[C@H](N)c1c(O)cc(O)cc1O.Cl. The minimum atomic E-state index is -0.414. The van der Waals surface area contributed by atoms with Gasteiger partial charge in [0.15, 0.2) is 0 Å². The summed E-state index contributed by atoms with van der Waals surface area (Å²) in [7, 11) is 0. The molecular weight excluding hydrogens is 242 g/mol. The zero-order chi connectivity index (χ0) is 12.3. The van der Waals surface area contributed by atoms with Crippen LogP contribution in [-0.2, 0) is 0 Å². The second-order valence-electron chi connectivity index (χ2n) is 4.48. The lowest BCUT2D eigenvalue weighted by molar-refractivity contribution is 0.403. The van der Waals surface area contributed by atoms with Gasteiger partial charge in [0.2, 0.25) is 0 Å². The zero-order valence-corrected chi connectivity index (χ0v) is 10.9. The van der Waals surface area contributed by atoms with Crippen LogP contribution in [0.3, 0.4) is 0 Å². The van der Waals surface area contributed by atoms with Gasteiger partial charge in [-0.05, 0) is 18.8 Å². The fraction of sp³-hybridized carbons (Fsp3) is 0.500. The summed E-state index contributed by atoms with van der Waals surface area (Å²) < 4.78 is 0. The van der Waals surface area contributed by atoms with Crippen molar-refractivity contribution in [2.24, 2.45) is 11.7 Å². The molecule has 0 unspecified atom stereocenters. The predicted molar refractivity (Wildman–Crippen MR) is 69.7 cm³/mol. The van der Waals surface area contributed by atoms with Crippen LogP contribution in [-0.4, -0.2) is 15.3 Å². The summed E-state index contributed by atoms with van der Waals surface area (Å²) in [6.07, 6.45) is 1.60. The van der Waals surface area contributed by atoms with Crippen LogP contribution in [0, 0.1) is 5.92 Å². The van der Waals surface area contributed by atoms with Crippen molar-refractivity contribution >= 4 is 12.4 Å². The molecule has 0 saturated heterocycles. The largest absolute Gasteiger partial charge is 0.508 e. The summed E-state index contributed by atoms with van der Waals surface area (Å²) in [6.45, 7) is 4.17. The number of hydrogen-bond donors (Lipinski definition) is 4. The van der Waals surface area contributed by atoms with Crippen molar-refractivity contribution in [3.05, 3.63) is 17.7 Å². The van der Waals surface area contributed by atoms with Gasteiger partial charge in [0, 0.05) is 18.2 Å². The average Bonchev–Trinajstić information content (AvgIpc) is 2.12. The highest BCUT2D eigenvalue weighted by Gasteiger charge is 2.17. The Morgan fingerprint density at radius 3 is 1.94 bits per heavy atom. The molecule has 1 aromatic rings. The van der Waals surface area contributed by atoms with Crippen molar-refractivity contribution in [1.29, 1.82) is 0 Å². The lowest BCUT2D eigenvalue weighted by Crippen LogP contribution is -2.11. The third-order valence-electron chi connectivity index (χ3n) is 2.55. The molecule has 0 aliphatic carbocycles. The van der Waals surface area contributed by atoms with Gasteiger partial charge in [-0.3, -0.25) is 0 Å². The van der Waals surface area contributed by atoms with E-state index >= 15 is 0 Å². The Bertz CT molecular complexity index is 346. The summed E-state index contributed by atoms with van der Waals surface area (Å²) >= 11 is 0. The van der Waals surface area contributed by atoms with E-state index in [4.69, 9.17) is 10.8 Å². The summed E-state index contributed by atoms with van der Waals surface area (Å²) in [5.74, 6) is 0.0322. The Balaban J connectivity index is 0.00000256. The normalized spacial score (nSPS) is 12.2. The molecule has 0 bridgehead atoms. The molecule has 17 heavy (non-hydrogen) atoms. The number of halogens is 1. The molecule has 0 aliphatic heterocycles. The molecule has 0 saturated carbocycles. The first-order chi connectivity index (χ1) is 7.41. The van der Waals surface area contributed by atoms with E-state index in [-0.39, 0.29) is 29.7 Å². The molecule has 1 aromatic carbocycles. The molecular formula is C12H20ClNO3. The molecule has 1 atom stereocenters. The molecule has 98 valence electrons. The maximum Gasteiger partial charge on any atom is 0.127 e. The van der Waals surface area contributed by atoms with Crippen LogP contribution in [0.5, 0.6) is 17.2 Å². The monoisotopic (exact) mass is 261 g/mol. The van der Waals surface area contributed by atoms with Gasteiger partial charge in [0.1, 0.15) is 17.2 Å². The number of phenols is 3. The van der Waals surface area contributed by atoms with Gasteiger partial charge < -0.3 is 21.1 Å². The average molecular weight is 262 g/mol. The quantitative estimate of drug-likeness (QED) is 0.671. The Morgan fingerprint density at radius 2 is 1.53 bits per heavy atom. The molecule has 5 N–H and O–H groups in total. The first-order valence-corrected chi connectivity index (χ1v) is 5.42. The number of rotatable bonds is 4. The summed E-state index contributed by atoms with van der Waals surface area (Å²) in [5, 5.41) is 28.4. The van der Waals surface area contributed by atoms with Crippen molar-refractivity contribution in [3.63, 3.8) is 0 Å². The van der Waals surface area contributed by atoms with Crippen LogP contribution in [0.15, 0.2) is 12.1 Å². The second-order valence-corrected chi connectivity index (χ2v) is 4.48. The van der Waals surface area contributed by atoms with Crippen molar-refractivity contribution in [3.8, 4) is 17.2 Å². The van der Waals surface area contributed by atoms with Gasteiger partial charge in [-0.15, -0.1) is 12.4 Å². The van der Waals surface area contributed by atoms with Crippen LogP contribution in [0.25, 0.3) is 0 Å². The standard InChI is InChI=1S/C12H19NO3.ClH/c1-7(2)3-4-9(13)12-10(15)5-8(14)6-11(12)16;/h5-7,9,14-16H,3-4,13H2,1-2H3;1H/t9-;/m0./s1. The minimum Gasteiger partial charge on any atom is -0.508 e. The third-order valence-corrected chi connectivity index (χ3v) is 2.55. The van der Waals surface area contributed by atoms with Gasteiger partial charge >= 0.3 is 0 Å². The topological polar surface area (TPSA) is 86.7 Å². The summed E-state index contributed by atoms with van der Waals surface area (Å²) in [5.41, 5.74) is 6.20. The molecule has 0 heterocycles. The lowest BCUT2D eigenvalue weighted by Gasteiger charge is -2.16. The molecule has 5 heteroatoms. The van der Waals surface area contributed by atoms with Crippen molar-refractivity contribution in [2.75, 3.05) is 0 Å². The van der Waals surface area contributed by atoms with Gasteiger partial charge in [-0.2, -0.15) is 0 Å². The van der Waals surface area contributed by atoms with Crippen LogP contribution in [0.4, 0.5) is 0 Å². The first-order valence-electron chi connectivity index (χ1n) is 5.42. The van der Waals surface area contributed by atoms with E-state index in [1.165, 1.54) is 12.1 Å². The molecule has 1 rings (SSSR count). The Hall–Kier alpha value is -1.13. The van der Waals surface area contributed by atoms with Crippen molar-refractivity contribution < 1.29 is 15.3 Å². The third kappa shape index (κ3) is 4.32. The number of nitrogens with two attached hydrogens (primary N) is 1. The van der Waals surface area contributed by atoms with Crippen molar-refractivity contribution in [2.45, 2.75) is 32.7 Å². The Labute approximate surface area is 107 Å². The van der Waals surface area contributed by atoms with Crippen molar-refractivity contribution in [1.82, 2.24) is 0 Å². The van der Waals surface area contributed by atoms with E-state index in [9.17, 15) is 10.2 Å². The van der Waals surface area contributed by atoms with Crippen LogP contribution in [0.1, 0.15) is 38.3 Å².